The molecule has 1 atom stereocenters. The summed E-state index contributed by atoms with van der Waals surface area (Å²) in [6.45, 7) is 18.2. The quantitative estimate of drug-likeness (QED) is 0.129. The van der Waals surface area contributed by atoms with E-state index in [4.69, 9.17) is 0 Å². The van der Waals surface area contributed by atoms with Gasteiger partial charge in [-0.25, -0.2) is 0 Å². The van der Waals surface area contributed by atoms with Crippen molar-refractivity contribution in [1.82, 2.24) is 0 Å². The summed E-state index contributed by atoms with van der Waals surface area (Å²) in [5.74, 6) is 0. The Morgan fingerprint density at radius 2 is 1.21 bits per heavy atom. The van der Waals surface area contributed by atoms with Crippen LogP contribution in [0.15, 0.2) is 85.0 Å². The molecule has 3 aromatic rings. The predicted molar refractivity (Wildman–Crippen MR) is 186 cm³/mol. The highest BCUT2D eigenvalue weighted by molar-refractivity contribution is 5.67. The molecule has 3 heteroatoms. The van der Waals surface area contributed by atoms with Crippen LogP contribution in [0.1, 0.15) is 94.7 Å². The fraction of sp³-hybridized carbons (Fsp3) is 0.425. The lowest BCUT2D eigenvalue weighted by atomic mass is 9.74. The average molecular weight is 577 g/mol. The molecule has 228 valence electrons. The van der Waals surface area contributed by atoms with E-state index in [-0.39, 0.29) is 16.9 Å². The number of hydrogen-bond donors (Lipinski definition) is 0. The Balaban J connectivity index is 1.60. The Hall–Kier alpha value is -3.59. The first kappa shape index (κ1) is 32.3. The molecule has 43 heavy (non-hydrogen) atoms. The third-order valence-corrected chi connectivity index (χ3v) is 9.76. The monoisotopic (exact) mass is 576 g/mol. The highest BCUT2D eigenvalue weighted by atomic mass is 16.1. The van der Waals surface area contributed by atoms with E-state index in [0.717, 1.165) is 45.1 Å². The summed E-state index contributed by atoms with van der Waals surface area (Å²) >= 11 is 0. The van der Waals surface area contributed by atoms with Gasteiger partial charge in [-0.15, -0.1) is 0 Å². The molecule has 0 fully saturated rings. The summed E-state index contributed by atoms with van der Waals surface area (Å²) in [6, 6.07) is 23.5. The van der Waals surface area contributed by atoms with Crippen molar-refractivity contribution in [2.45, 2.75) is 91.0 Å². The number of nitrogens with zero attached hydrogens (tertiary/aromatic N) is 2. The molecule has 1 aliphatic heterocycles. The van der Waals surface area contributed by atoms with Crippen molar-refractivity contribution in [3.63, 3.8) is 0 Å². The lowest BCUT2D eigenvalue weighted by Crippen LogP contribution is -2.30. The Labute approximate surface area is 261 Å². The van der Waals surface area contributed by atoms with Crippen molar-refractivity contribution < 1.29 is 4.79 Å². The maximum absolute atomic E-state index is 10.9. The van der Waals surface area contributed by atoms with Gasteiger partial charge in [0.2, 0.25) is 0 Å². The molecule has 0 aliphatic carbocycles. The number of carbonyl (C=O) groups is 1. The van der Waals surface area contributed by atoms with E-state index < -0.39 is 0 Å². The number of aryl methyl sites for hydroxylation is 2. The lowest BCUT2D eigenvalue weighted by molar-refractivity contribution is -0.104. The van der Waals surface area contributed by atoms with Crippen LogP contribution in [0.4, 0.5) is 11.4 Å². The minimum atomic E-state index is -0.139. The number of likely N-dealkylation sites (N-methyl/N-ethyl adjacent to an activating group) is 1. The highest BCUT2D eigenvalue weighted by Gasteiger charge is 2.28. The Morgan fingerprint density at radius 1 is 0.767 bits per heavy atom. The van der Waals surface area contributed by atoms with Crippen molar-refractivity contribution >= 4 is 17.7 Å². The molecule has 0 bridgehead atoms. The normalized spacial score (nSPS) is 15.0. The Morgan fingerprint density at radius 3 is 1.65 bits per heavy atom. The molecular weight excluding hydrogens is 524 g/mol. The molecule has 1 aliphatic rings. The van der Waals surface area contributed by atoms with Gasteiger partial charge >= 0.3 is 0 Å². The van der Waals surface area contributed by atoms with E-state index >= 15 is 0 Å². The maximum atomic E-state index is 10.9. The van der Waals surface area contributed by atoms with Gasteiger partial charge in [0, 0.05) is 48.4 Å². The Kier molecular flexibility index (Phi) is 10.4. The molecule has 0 radical (unpaired) electrons. The van der Waals surface area contributed by atoms with Crippen LogP contribution in [-0.4, -0.2) is 32.5 Å². The summed E-state index contributed by atoms with van der Waals surface area (Å²) in [4.78, 5) is 15.7. The molecule has 3 aromatic carbocycles. The fourth-order valence-corrected chi connectivity index (χ4v) is 6.44. The Bertz CT molecular complexity index is 1390. The van der Waals surface area contributed by atoms with Crippen LogP contribution in [0.3, 0.4) is 0 Å². The molecule has 0 aromatic heterocycles. The van der Waals surface area contributed by atoms with Gasteiger partial charge in [-0.3, -0.25) is 4.79 Å². The summed E-state index contributed by atoms with van der Waals surface area (Å²) in [5, 5.41) is 0. The second-order valence-corrected chi connectivity index (χ2v) is 13.1. The summed E-state index contributed by atoms with van der Waals surface area (Å²) in [5.41, 5.74) is 10.4. The molecule has 1 unspecified atom stereocenters. The van der Waals surface area contributed by atoms with Crippen molar-refractivity contribution in [2.75, 3.05) is 29.9 Å². The van der Waals surface area contributed by atoms with Crippen molar-refractivity contribution in [3.8, 4) is 0 Å². The smallest absolute Gasteiger partial charge is 0.142 e. The predicted octanol–water partition coefficient (Wildman–Crippen LogP) is 9.20. The first-order chi connectivity index (χ1) is 20.5. The van der Waals surface area contributed by atoms with Gasteiger partial charge in [0.1, 0.15) is 6.29 Å². The summed E-state index contributed by atoms with van der Waals surface area (Å²) in [6.07, 6.45) is 13.2. The minimum absolute atomic E-state index is 0.0898. The third-order valence-electron chi connectivity index (χ3n) is 9.76. The number of hydrogen-bond acceptors (Lipinski definition) is 3. The zero-order valence-corrected chi connectivity index (χ0v) is 27.8. The fourth-order valence-electron chi connectivity index (χ4n) is 6.44. The number of benzene rings is 3. The topological polar surface area (TPSA) is 23.6 Å². The van der Waals surface area contributed by atoms with Gasteiger partial charge in [-0.05, 0) is 84.2 Å². The first-order valence-electron chi connectivity index (χ1n) is 16.2. The molecule has 0 amide bonds. The summed E-state index contributed by atoms with van der Waals surface area (Å²) in [7, 11) is 2.14. The van der Waals surface area contributed by atoms with Crippen LogP contribution in [0, 0.1) is 0 Å². The van der Waals surface area contributed by atoms with E-state index in [0.29, 0.717) is 0 Å². The first-order valence-corrected chi connectivity index (χ1v) is 16.2. The van der Waals surface area contributed by atoms with Crippen LogP contribution < -0.4 is 9.80 Å². The van der Waals surface area contributed by atoms with Gasteiger partial charge in [0.15, 0.2) is 0 Å². The molecule has 1 heterocycles. The minimum Gasteiger partial charge on any atom is -0.371 e. The van der Waals surface area contributed by atoms with Gasteiger partial charge in [0.05, 0.1) is 0 Å². The van der Waals surface area contributed by atoms with Gasteiger partial charge in [-0.2, -0.15) is 0 Å². The number of allylic oxidation sites excluding steroid dienone is 1. The molecular formula is C40H52N2O. The number of aldehydes is 1. The van der Waals surface area contributed by atoms with Crippen molar-refractivity contribution in [2.24, 2.45) is 0 Å². The van der Waals surface area contributed by atoms with Crippen molar-refractivity contribution in [3.05, 3.63) is 118 Å². The zero-order valence-electron chi connectivity index (χ0n) is 27.8. The second-order valence-electron chi connectivity index (χ2n) is 13.1. The number of rotatable bonds is 11. The standard InChI is InChI=1S/C40H52N2O/c1-9-31-28-36(29-32(10-2)38(31)41(8)30(3)16-15-27-43)40(6,7)34-19-17-33(18-20-34)39(4,5)35-21-23-37(24-22-35)42-25-13-11-12-14-26-42/h11-12,15-24,27-30H,9-10,13-14,25-26H2,1-8H3/b16-15-. The zero-order chi connectivity index (χ0) is 31.2. The lowest BCUT2D eigenvalue weighted by Gasteiger charge is -2.33. The summed E-state index contributed by atoms with van der Waals surface area (Å²) < 4.78 is 0. The maximum Gasteiger partial charge on any atom is 0.142 e. The third kappa shape index (κ3) is 6.98. The van der Waals surface area contributed by atoms with Gasteiger partial charge < -0.3 is 9.80 Å². The molecule has 0 saturated heterocycles. The average Bonchev–Trinajstić information content (AvgIpc) is 3.32. The van der Waals surface area contributed by atoms with Crippen LogP contribution in [0.25, 0.3) is 0 Å². The number of anilines is 2. The molecule has 0 spiro atoms. The molecule has 0 N–H and O–H groups in total. The van der Waals surface area contributed by atoms with Crippen molar-refractivity contribution in [1.29, 1.82) is 0 Å². The van der Waals surface area contributed by atoms with Crippen LogP contribution in [0.2, 0.25) is 0 Å². The SMILES string of the molecule is CCc1cc(C(C)(C)c2ccc(C(C)(C)c3ccc(N4CCC=CCC4)cc3)cc2)cc(CC)c1N(C)C(C)/C=C\C=O. The van der Waals surface area contributed by atoms with Gasteiger partial charge in [0.25, 0.3) is 0 Å². The van der Waals surface area contributed by atoms with Crippen LogP contribution in [0.5, 0.6) is 0 Å². The number of carbonyl (C=O) groups excluding carboxylic acids is 1. The highest BCUT2D eigenvalue weighted by Crippen LogP contribution is 2.39. The van der Waals surface area contributed by atoms with E-state index in [1.807, 2.05) is 6.08 Å². The van der Waals surface area contributed by atoms with E-state index in [1.54, 1.807) is 6.08 Å². The van der Waals surface area contributed by atoms with E-state index in [9.17, 15) is 4.79 Å². The molecule has 3 nitrogen and oxygen atoms in total. The van der Waals surface area contributed by atoms with E-state index in [1.165, 1.54) is 44.8 Å². The van der Waals surface area contributed by atoms with E-state index in [2.05, 4.69) is 138 Å². The largest absolute Gasteiger partial charge is 0.371 e. The van der Waals surface area contributed by atoms with Crippen LogP contribution in [-0.2, 0) is 28.5 Å². The second kappa shape index (κ2) is 13.8. The van der Waals surface area contributed by atoms with Gasteiger partial charge in [-0.1, -0.05) is 108 Å². The molecule has 0 saturated carbocycles. The van der Waals surface area contributed by atoms with Crippen LogP contribution >= 0.6 is 0 Å². The molecule has 4 rings (SSSR count).